The zero-order chi connectivity index (χ0) is 15.4. The minimum atomic E-state index is -0.0883. The van der Waals surface area contributed by atoms with Crippen molar-refractivity contribution in [1.82, 2.24) is 10.6 Å². The monoisotopic (exact) mass is 350 g/mol. The number of amides is 1. The van der Waals surface area contributed by atoms with Gasteiger partial charge >= 0.3 is 0 Å². The highest BCUT2D eigenvalue weighted by molar-refractivity contribution is 6.34. The molecule has 0 radical (unpaired) electrons. The summed E-state index contributed by atoms with van der Waals surface area (Å²) in [5.41, 5.74) is 2.62. The molecule has 1 aliphatic heterocycles. The molecular weight excluding hydrogens is 331 g/mol. The molecule has 2 aromatic rings. The second-order valence-corrected chi connectivity index (χ2v) is 5.97. The van der Waals surface area contributed by atoms with Crippen LogP contribution < -0.4 is 10.6 Å². The summed E-state index contributed by atoms with van der Waals surface area (Å²) in [6, 6.07) is 15.8. The molecule has 0 saturated carbocycles. The second-order valence-electron chi connectivity index (χ2n) is 5.56. The number of nitrogens with one attached hydrogen (secondary N) is 2. The maximum atomic E-state index is 12.5. The molecular formula is C18H20Cl2N2O. The third-order valence-electron chi connectivity index (χ3n) is 3.99. The fourth-order valence-corrected chi connectivity index (χ4v) is 2.94. The number of hydrogen-bond donors (Lipinski definition) is 2. The smallest absolute Gasteiger partial charge is 0.253 e. The van der Waals surface area contributed by atoms with E-state index in [1.807, 2.05) is 42.5 Å². The lowest BCUT2D eigenvalue weighted by Crippen LogP contribution is -2.42. The van der Waals surface area contributed by atoms with Gasteiger partial charge in [-0.2, -0.15) is 0 Å². The average Bonchev–Trinajstić information content (AvgIpc) is 2.57. The van der Waals surface area contributed by atoms with Gasteiger partial charge in [-0.15, -0.1) is 12.4 Å². The highest BCUT2D eigenvalue weighted by Crippen LogP contribution is 2.25. The molecule has 0 atom stereocenters. The lowest BCUT2D eigenvalue weighted by atomic mass is 10.0. The van der Waals surface area contributed by atoms with Crippen LogP contribution in [0.25, 0.3) is 11.1 Å². The molecule has 3 rings (SSSR count). The van der Waals surface area contributed by atoms with Crippen LogP contribution in [-0.4, -0.2) is 25.0 Å². The van der Waals surface area contributed by atoms with Crippen molar-refractivity contribution in [1.29, 1.82) is 0 Å². The Morgan fingerprint density at radius 1 is 1.04 bits per heavy atom. The molecule has 1 fully saturated rings. The summed E-state index contributed by atoms with van der Waals surface area (Å²) in [5, 5.41) is 6.88. The Morgan fingerprint density at radius 2 is 1.74 bits per heavy atom. The summed E-state index contributed by atoms with van der Waals surface area (Å²) in [7, 11) is 0. The fraction of sp³-hybridized carbons (Fsp3) is 0.278. The summed E-state index contributed by atoms with van der Waals surface area (Å²) in [4.78, 5) is 12.5. The highest BCUT2D eigenvalue weighted by atomic mass is 35.5. The van der Waals surface area contributed by atoms with Crippen molar-refractivity contribution in [2.75, 3.05) is 13.1 Å². The van der Waals surface area contributed by atoms with Gasteiger partial charge in [0.2, 0.25) is 0 Å². The van der Waals surface area contributed by atoms with Crippen molar-refractivity contribution in [2.45, 2.75) is 18.9 Å². The van der Waals surface area contributed by atoms with Crippen molar-refractivity contribution in [3.8, 4) is 11.1 Å². The number of carbonyl (C=O) groups is 1. The number of hydrogen-bond acceptors (Lipinski definition) is 2. The Bertz CT molecular complexity index is 655. The van der Waals surface area contributed by atoms with Crippen molar-refractivity contribution in [3.63, 3.8) is 0 Å². The van der Waals surface area contributed by atoms with Crippen LogP contribution in [0, 0.1) is 0 Å². The van der Waals surface area contributed by atoms with Crippen LogP contribution in [0.15, 0.2) is 48.5 Å². The first-order chi connectivity index (χ1) is 10.7. The normalized spacial score (nSPS) is 14.8. The molecule has 1 aliphatic rings. The largest absolute Gasteiger partial charge is 0.349 e. The number of halogens is 2. The molecule has 0 aliphatic carbocycles. The summed E-state index contributed by atoms with van der Waals surface area (Å²) in [5.74, 6) is -0.0883. The molecule has 5 heteroatoms. The van der Waals surface area contributed by atoms with Gasteiger partial charge in [-0.05, 0) is 49.2 Å². The Hall–Kier alpha value is -1.55. The zero-order valence-corrected chi connectivity index (χ0v) is 14.3. The third kappa shape index (κ3) is 4.47. The molecule has 2 aromatic carbocycles. The van der Waals surface area contributed by atoms with E-state index in [2.05, 4.69) is 10.6 Å². The second kappa shape index (κ2) is 8.34. The third-order valence-corrected chi connectivity index (χ3v) is 4.32. The predicted molar refractivity (Wildman–Crippen MR) is 97.5 cm³/mol. The van der Waals surface area contributed by atoms with E-state index in [9.17, 15) is 4.79 Å². The van der Waals surface area contributed by atoms with E-state index in [-0.39, 0.29) is 24.4 Å². The van der Waals surface area contributed by atoms with Gasteiger partial charge in [-0.25, -0.2) is 0 Å². The van der Waals surface area contributed by atoms with E-state index in [0.29, 0.717) is 10.6 Å². The summed E-state index contributed by atoms with van der Waals surface area (Å²) >= 11 is 6.22. The summed E-state index contributed by atoms with van der Waals surface area (Å²) in [6.45, 7) is 1.89. The Kier molecular flexibility index (Phi) is 6.46. The molecule has 122 valence electrons. The van der Waals surface area contributed by atoms with Gasteiger partial charge in [0.25, 0.3) is 5.91 Å². The first kappa shape index (κ1) is 17.8. The molecule has 1 heterocycles. The van der Waals surface area contributed by atoms with E-state index >= 15 is 0 Å². The molecule has 0 spiro atoms. The maximum Gasteiger partial charge on any atom is 0.253 e. The van der Waals surface area contributed by atoms with Gasteiger partial charge in [0.05, 0.1) is 10.6 Å². The number of carbonyl (C=O) groups excluding carboxylic acids is 1. The van der Waals surface area contributed by atoms with E-state index < -0.39 is 0 Å². The van der Waals surface area contributed by atoms with Crippen molar-refractivity contribution >= 4 is 29.9 Å². The Morgan fingerprint density at radius 3 is 2.43 bits per heavy atom. The summed E-state index contributed by atoms with van der Waals surface area (Å²) in [6.07, 6.45) is 1.92. The van der Waals surface area contributed by atoms with Gasteiger partial charge in [0.1, 0.15) is 0 Å². The summed E-state index contributed by atoms with van der Waals surface area (Å²) < 4.78 is 0. The van der Waals surface area contributed by atoms with Gasteiger partial charge in [-0.3, -0.25) is 4.79 Å². The van der Waals surface area contributed by atoms with Gasteiger partial charge < -0.3 is 10.6 Å². The number of piperidine rings is 1. The van der Waals surface area contributed by atoms with Gasteiger partial charge in [0, 0.05) is 6.04 Å². The molecule has 0 unspecified atom stereocenters. The van der Waals surface area contributed by atoms with Crippen LogP contribution in [0.2, 0.25) is 5.02 Å². The minimum absolute atomic E-state index is 0. The molecule has 0 aromatic heterocycles. The number of benzene rings is 2. The van der Waals surface area contributed by atoms with E-state index in [4.69, 9.17) is 11.6 Å². The molecule has 1 amide bonds. The van der Waals surface area contributed by atoms with E-state index in [1.54, 1.807) is 6.07 Å². The van der Waals surface area contributed by atoms with Crippen LogP contribution in [-0.2, 0) is 0 Å². The quantitative estimate of drug-likeness (QED) is 0.880. The zero-order valence-electron chi connectivity index (χ0n) is 12.7. The predicted octanol–water partition coefficient (Wildman–Crippen LogP) is 3.91. The fourth-order valence-electron chi connectivity index (χ4n) is 2.74. The van der Waals surface area contributed by atoms with Crippen LogP contribution >= 0.6 is 24.0 Å². The molecule has 0 bridgehead atoms. The Labute approximate surface area is 147 Å². The van der Waals surface area contributed by atoms with Crippen LogP contribution in [0.5, 0.6) is 0 Å². The Balaban J connectivity index is 0.00000192. The lowest BCUT2D eigenvalue weighted by Gasteiger charge is -2.24. The van der Waals surface area contributed by atoms with Crippen molar-refractivity contribution in [3.05, 3.63) is 59.1 Å². The highest BCUT2D eigenvalue weighted by Gasteiger charge is 2.18. The molecule has 2 N–H and O–H groups in total. The molecule has 3 nitrogen and oxygen atoms in total. The van der Waals surface area contributed by atoms with Gasteiger partial charge in [0.15, 0.2) is 0 Å². The van der Waals surface area contributed by atoms with E-state index in [1.165, 1.54) is 0 Å². The first-order valence-electron chi connectivity index (χ1n) is 7.60. The van der Waals surface area contributed by atoms with Crippen LogP contribution in [0.1, 0.15) is 23.2 Å². The average molecular weight is 351 g/mol. The topological polar surface area (TPSA) is 41.1 Å². The maximum absolute atomic E-state index is 12.5. The lowest BCUT2D eigenvalue weighted by molar-refractivity contribution is 0.0930. The minimum Gasteiger partial charge on any atom is -0.349 e. The first-order valence-corrected chi connectivity index (χ1v) is 7.98. The molecule has 23 heavy (non-hydrogen) atoms. The van der Waals surface area contributed by atoms with Crippen molar-refractivity contribution in [2.24, 2.45) is 0 Å². The van der Waals surface area contributed by atoms with Crippen LogP contribution in [0.3, 0.4) is 0 Å². The number of rotatable bonds is 3. The SMILES string of the molecule is Cl.O=C(NC1CCNCC1)c1cc(-c2ccccc2)ccc1Cl. The standard InChI is InChI=1S/C18H19ClN2O.ClH/c19-17-7-6-14(13-4-2-1-3-5-13)12-16(17)18(22)21-15-8-10-20-11-9-15;/h1-7,12,15,20H,8-11H2,(H,21,22);1H. The van der Waals surface area contributed by atoms with E-state index in [0.717, 1.165) is 37.1 Å². The van der Waals surface area contributed by atoms with Gasteiger partial charge in [-0.1, -0.05) is 48.0 Å². The van der Waals surface area contributed by atoms with Crippen molar-refractivity contribution < 1.29 is 4.79 Å². The van der Waals surface area contributed by atoms with Crippen LogP contribution in [0.4, 0.5) is 0 Å². The molecule has 1 saturated heterocycles.